The molecule has 0 saturated heterocycles. The van der Waals surface area contributed by atoms with Gasteiger partial charge in [-0.05, 0) is 35.9 Å². The van der Waals surface area contributed by atoms with Crippen LogP contribution < -0.4 is 9.47 Å². The van der Waals surface area contributed by atoms with E-state index in [9.17, 15) is 8.78 Å². The molecule has 0 saturated carbocycles. The minimum Gasteiger partial charge on any atom is -0.493 e. The summed E-state index contributed by atoms with van der Waals surface area (Å²) >= 11 is 6.23. The van der Waals surface area contributed by atoms with Crippen molar-refractivity contribution in [2.75, 3.05) is 14.2 Å². The highest BCUT2D eigenvalue weighted by Gasteiger charge is 2.18. The summed E-state index contributed by atoms with van der Waals surface area (Å²) in [5.74, 6) is -0.0685. The molecule has 0 N–H and O–H groups in total. The van der Waals surface area contributed by atoms with E-state index >= 15 is 0 Å². The van der Waals surface area contributed by atoms with Gasteiger partial charge in [-0.15, -0.1) is 11.6 Å². The number of hydrogen-bond donors (Lipinski definition) is 0. The molecule has 20 heavy (non-hydrogen) atoms. The summed E-state index contributed by atoms with van der Waals surface area (Å²) in [7, 11) is 3.01. The molecule has 0 aliphatic carbocycles. The van der Waals surface area contributed by atoms with Gasteiger partial charge in [0, 0.05) is 5.56 Å². The summed E-state index contributed by atoms with van der Waals surface area (Å²) in [6, 6.07) is 8.19. The van der Waals surface area contributed by atoms with Crippen LogP contribution in [0.25, 0.3) is 0 Å². The van der Waals surface area contributed by atoms with E-state index < -0.39 is 17.0 Å². The Morgan fingerprint density at radius 2 is 1.65 bits per heavy atom. The first-order valence-corrected chi connectivity index (χ1v) is 6.31. The quantitative estimate of drug-likeness (QED) is 0.783. The first kappa shape index (κ1) is 14.6. The van der Waals surface area contributed by atoms with Crippen molar-refractivity contribution in [3.8, 4) is 11.5 Å². The van der Waals surface area contributed by atoms with Gasteiger partial charge in [-0.25, -0.2) is 8.78 Å². The molecule has 0 heterocycles. The summed E-state index contributed by atoms with van der Waals surface area (Å²) < 4.78 is 37.2. The highest BCUT2D eigenvalue weighted by molar-refractivity contribution is 6.22. The van der Waals surface area contributed by atoms with Gasteiger partial charge in [0.1, 0.15) is 11.6 Å². The Balaban J connectivity index is 2.42. The summed E-state index contributed by atoms with van der Waals surface area (Å²) in [5, 5.41) is -0.814. The van der Waals surface area contributed by atoms with Gasteiger partial charge in [-0.1, -0.05) is 6.07 Å². The molecule has 0 aromatic heterocycles. The van der Waals surface area contributed by atoms with Crippen LogP contribution in [0.15, 0.2) is 36.4 Å². The van der Waals surface area contributed by atoms with E-state index in [0.29, 0.717) is 17.1 Å². The van der Waals surface area contributed by atoms with Crippen molar-refractivity contribution in [3.63, 3.8) is 0 Å². The number of alkyl halides is 1. The molecule has 2 aromatic carbocycles. The molecule has 0 fully saturated rings. The van der Waals surface area contributed by atoms with Crippen LogP contribution in [0.2, 0.25) is 0 Å². The Kier molecular flexibility index (Phi) is 4.45. The summed E-state index contributed by atoms with van der Waals surface area (Å²) in [6.45, 7) is 0. The molecule has 2 rings (SSSR count). The van der Waals surface area contributed by atoms with Crippen molar-refractivity contribution in [3.05, 3.63) is 59.2 Å². The monoisotopic (exact) mass is 298 g/mol. The van der Waals surface area contributed by atoms with E-state index in [1.54, 1.807) is 18.2 Å². The number of hydrogen-bond acceptors (Lipinski definition) is 2. The second kappa shape index (κ2) is 6.09. The zero-order valence-corrected chi connectivity index (χ0v) is 11.7. The molecule has 0 aliphatic rings. The average Bonchev–Trinajstić information content (AvgIpc) is 2.48. The summed E-state index contributed by atoms with van der Waals surface area (Å²) in [5.41, 5.74) is 0.674. The molecule has 1 atom stereocenters. The maximum atomic E-state index is 13.7. The second-order valence-corrected chi connectivity index (χ2v) is 4.58. The van der Waals surface area contributed by atoms with Gasteiger partial charge in [0.25, 0.3) is 0 Å². The van der Waals surface area contributed by atoms with Gasteiger partial charge >= 0.3 is 0 Å². The topological polar surface area (TPSA) is 18.5 Å². The van der Waals surface area contributed by atoms with E-state index in [1.807, 2.05) is 0 Å². The highest BCUT2D eigenvalue weighted by Crippen LogP contribution is 2.36. The van der Waals surface area contributed by atoms with Crippen LogP contribution in [0.4, 0.5) is 8.78 Å². The standard InChI is InChI=1S/C15H13ClF2O2/c1-19-13-6-3-9(7-14(13)20-2)15(16)11-8-10(17)4-5-12(11)18/h3-8,15H,1-2H3. The Labute approximate surface area is 120 Å². The first-order chi connectivity index (χ1) is 9.56. The fraction of sp³-hybridized carbons (Fsp3) is 0.200. The average molecular weight is 299 g/mol. The zero-order valence-electron chi connectivity index (χ0n) is 11.0. The molecule has 0 amide bonds. The maximum Gasteiger partial charge on any atom is 0.161 e. The van der Waals surface area contributed by atoms with E-state index in [4.69, 9.17) is 21.1 Å². The zero-order chi connectivity index (χ0) is 14.7. The Morgan fingerprint density at radius 3 is 2.30 bits per heavy atom. The van der Waals surface area contributed by atoms with Crippen LogP contribution in [0, 0.1) is 11.6 Å². The van der Waals surface area contributed by atoms with Gasteiger partial charge in [0.15, 0.2) is 11.5 Å². The van der Waals surface area contributed by atoms with Crippen molar-refractivity contribution in [1.82, 2.24) is 0 Å². The van der Waals surface area contributed by atoms with E-state index in [2.05, 4.69) is 0 Å². The van der Waals surface area contributed by atoms with Gasteiger partial charge in [-0.3, -0.25) is 0 Å². The molecule has 5 heteroatoms. The third-order valence-corrected chi connectivity index (χ3v) is 3.42. The normalized spacial score (nSPS) is 12.1. The number of methoxy groups -OCH3 is 2. The maximum absolute atomic E-state index is 13.7. The first-order valence-electron chi connectivity index (χ1n) is 5.87. The predicted molar refractivity (Wildman–Crippen MR) is 73.6 cm³/mol. The van der Waals surface area contributed by atoms with Crippen LogP contribution in [0.1, 0.15) is 16.5 Å². The van der Waals surface area contributed by atoms with Crippen molar-refractivity contribution >= 4 is 11.6 Å². The van der Waals surface area contributed by atoms with Crippen molar-refractivity contribution in [2.45, 2.75) is 5.38 Å². The minimum absolute atomic E-state index is 0.0823. The molecular formula is C15H13ClF2O2. The lowest BCUT2D eigenvalue weighted by atomic mass is 10.0. The lowest BCUT2D eigenvalue weighted by Gasteiger charge is -2.14. The molecule has 0 spiro atoms. The lowest BCUT2D eigenvalue weighted by Crippen LogP contribution is -1.99. The number of rotatable bonds is 4. The fourth-order valence-corrected chi connectivity index (χ4v) is 2.20. The Hall–Kier alpha value is -1.81. The van der Waals surface area contributed by atoms with Gasteiger partial charge in [0.2, 0.25) is 0 Å². The SMILES string of the molecule is COc1ccc(C(Cl)c2cc(F)ccc2F)cc1OC. The van der Waals surface area contributed by atoms with Crippen molar-refractivity contribution < 1.29 is 18.3 Å². The summed E-state index contributed by atoms with van der Waals surface area (Å²) in [4.78, 5) is 0. The van der Waals surface area contributed by atoms with E-state index in [1.165, 1.54) is 14.2 Å². The molecule has 1 unspecified atom stereocenters. The van der Waals surface area contributed by atoms with Gasteiger partial charge in [0.05, 0.1) is 19.6 Å². The van der Waals surface area contributed by atoms with Crippen LogP contribution in [-0.2, 0) is 0 Å². The molecular weight excluding hydrogens is 286 g/mol. The smallest absolute Gasteiger partial charge is 0.161 e. The van der Waals surface area contributed by atoms with Crippen molar-refractivity contribution in [2.24, 2.45) is 0 Å². The van der Waals surface area contributed by atoms with Crippen LogP contribution in [0.5, 0.6) is 11.5 Å². The molecule has 106 valence electrons. The second-order valence-electron chi connectivity index (χ2n) is 4.14. The number of ether oxygens (including phenoxy) is 2. The summed E-state index contributed by atoms with van der Waals surface area (Å²) in [6.07, 6.45) is 0. The van der Waals surface area contributed by atoms with E-state index in [0.717, 1.165) is 18.2 Å². The number of benzene rings is 2. The minimum atomic E-state index is -0.814. The molecule has 2 aromatic rings. The van der Waals surface area contributed by atoms with E-state index in [-0.39, 0.29) is 5.56 Å². The van der Waals surface area contributed by atoms with Crippen LogP contribution >= 0.6 is 11.6 Å². The van der Waals surface area contributed by atoms with Crippen molar-refractivity contribution in [1.29, 1.82) is 0 Å². The molecule has 0 aliphatic heterocycles. The molecule has 0 radical (unpaired) electrons. The number of halogens is 3. The molecule has 2 nitrogen and oxygen atoms in total. The van der Waals surface area contributed by atoms with Crippen LogP contribution in [0.3, 0.4) is 0 Å². The largest absolute Gasteiger partial charge is 0.493 e. The van der Waals surface area contributed by atoms with Gasteiger partial charge < -0.3 is 9.47 Å². The predicted octanol–water partition coefficient (Wildman–Crippen LogP) is 4.31. The lowest BCUT2D eigenvalue weighted by molar-refractivity contribution is 0.354. The third-order valence-electron chi connectivity index (χ3n) is 2.93. The van der Waals surface area contributed by atoms with Crippen LogP contribution in [-0.4, -0.2) is 14.2 Å². The highest BCUT2D eigenvalue weighted by atomic mass is 35.5. The Bertz CT molecular complexity index is 617. The fourth-order valence-electron chi connectivity index (χ4n) is 1.90. The van der Waals surface area contributed by atoms with Gasteiger partial charge in [-0.2, -0.15) is 0 Å². The Morgan fingerprint density at radius 1 is 0.950 bits per heavy atom. The third kappa shape index (κ3) is 2.85. The molecule has 0 bridgehead atoms.